The van der Waals surface area contributed by atoms with Gasteiger partial charge < -0.3 is 18.9 Å². The summed E-state index contributed by atoms with van der Waals surface area (Å²) in [4.78, 5) is 38.0. The number of hydrogen-bond acceptors (Lipinski definition) is 7. The Morgan fingerprint density at radius 3 is 2.41 bits per heavy atom. The maximum Gasteiger partial charge on any atom is 0.374 e. The fraction of sp³-hybridized carbons (Fsp3) is 0.552. The molecule has 0 aliphatic heterocycles. The smallest absolute Gasteiger partial charge is 0.374 e. The van der Waals surface area contributed by atoms with Crippen molar-refractivity contribution in [1.29, 1.82) is 0 Å². The normalized spacial score (nSPS) is 22.3. The van der Waals surface area contributed by atoms with Crippen LogP contribution in [0.2, 0.25) is 0 Å². The van der Waals surface area contributed by atoms with Gasteiger partial charge in [-0.1, -0.05) is 66.3 Å². The van der Waals surface area contributed by atoms with E-state index in [1.807, 2.05) is 30.1 Å². The van der Waals surface area contributed by atoms with Crippen LogP contribution in [0.4, 0.5) is 0 Å². The number of ether oxygens (including phenoxy) is 4. The molecule has 0 radical (unpaired) electrons. The minimum atomic E-state index is -0.996. The summed E-state index contributed by atoms with van der Waals surface area (Å²) in [7, 11) is 2.76. The molecule has 0 bridgehead atoms. The van der Waals surface area contributed by atoms with Gasteiger partial charge in [0, 0.05) is 13.5 Å². The van der Waals surface area contributed by atoms with Crippen molar-refractivity contribution in [3.63, 3.8) is 0 Å². The highest BCUT2D eigenvalue weighted by molar-refractivity contribution is 14.1. The van der Waals surface area contributed by atoms with Crippen molar-refractivity contribution in [2.45, 2.75) is 58.7 Å². The Kier molecular flexibility index (Phi) is 12.5. The molecule has 0 saturated heterocycles. The van der Waals surface area contributed by atoms with E-state index in [9.17, 15) is 14.4 Å². The standard InChI is InChI=1S/C29H39IO7/c1-19(2)22-13-12-20(3)23(24(22)16-25(31)28(33)35-6)17-26(29(4,14-15-30)36-18-34-5)37-27(32)21-10-8-7-9-11-21/h7-12,14-15,19,22-24,26H,13,16-18H2,1-6H3/b15-14-/t22-,23+,24-,26-,29+/m1/s1. The van der Waals surface area contributed by atoms with Gasteiger partial charge in [0.05, 0.1) is 12.7 Å². The summed E-state index contributed by atoms with van der Waals surface area (Å²) in [5, 5.41) is 0. The van der Waals surface area contributed by atoms with Gasteiger partial charge in [-0.25, -0.2) is 9.59 Å². The summed E-state index contributed by atoms with van der Waals surface area (Å²) in [5.74, 6) is -1.60. The summed E-state index contributed by atoms with van der Waals surface area (Å²) in [6.45, 7) is 8.16. The number of methoxy groups -OCH3 is 2. The van der Waals surface area contributed by atoms with Crippen LogP contribution in [0.5, 0.6) is 0 Å². The van der Waals surface area contributed by atoms with Gasteiger partial charge in [-0.05, 0) is 72.7 Å². The molecule has 204 valence electrons. The second-order valence-corrected chi connectivity index (χ2v) is 10.7. The van der Waals surface area contributed by atoms with E-state index in [4.69, 9.17) is 18.9 Å². The first-order chi connectivity index (χ1) is 17.6. The average Bonchev–Trinajstić information content (AvgIpc) is 2.88. The fourth-order valence-corrected chi connectivity index (χ4v) is 5.79. The molecule has 2 rings (SSSR count). The molecule has 0 N–H and O–H groups in total. The molecular weight excluding hydrogens is 587 g/mol. The highest BCUT2D eigenvalue weighted by Crippen LogP contribution is 2.45. The molecule has 0 saturated carbocycles. The highest BCUT2D eigenvalue weighted by atomic mass is 127. The molecule has 0 spiro atoms. The Labute approximate surface area is 234 Å². The van der Waals surface area contributed by atoms with E-state index in [0.29, 0.717) is 12.0 Å². The Hall–Kier alpha value is -2.04. The Bertz CT molecular complexity index is 972. The maximum absolute atomic E-state index is 13.2. The number of ketones is 1. The van der Waals surface area contributed by atoms with Crippen molar-refractivity contribution < 1.29 is 33.3 Å². The van der Waals surface area contributed by atoms with Crippen LogP contribution in [0.3, 0.4) is 0 Å². The highest BCUT2D eigenvalue weighted by Gasteiger charge is 2.44. The Morgan fingerprint density at radius 2 is 1.84 bits per heavy atom. The molecule has 1 aliphatic rings. The lowest BCUT2D eigenvalue weighted by Crippen LogP contribution is -2.47. The third kappa shape index (κ3) is 8.48. The molecule has 1 aliphatic carbocycles. The van der Waals surface area contributed by atoms with Crippen LogP contribution in [-0.2, 0) is 28.5 Å². The number of esters is 2. The lowest BCUT2D eigenvalue weighted by Gasteiger charge is -2.43. The topological polar surface area (TPSA) is 88.1 Å². The number of halogens is 1. The zero-order valence-electron chi connectivity index (χ0n) is 22.6. The van der Waals surface area contributed by atoms with Crippen molar-refractivity contribution >= 4 is 40.3 Å². The molecule has 0 amide bonds. The molecule has 1 aromatic carbocycles. The van der Waals surface area contributed by atoms with Crippen LogP contribution >= 0.6 is 22.6 Å². The van der Waals surface area contributed by atoms with E-state index in [1.165, 1.54) is 14.2 Å². The number of rotatable bonds is 13. The van der Waals surface area contributed by atoms with Gasteiger partial charge >= 0.3 is 11.9 Å². The fourth-order valence-electron chi connectivity index (χ4n) is 5.08. The monoisotopic (exact) mass is 626 g/mol. The van der Waals surface area contributed by atoms with E-state index in [0.717, 1.165) is 12.0 Å². The first-order valence-corrected chi connectivity index (χ1v) is 13.8. The van der Waals surface area contributed by atoms with Crippen molar-refractivity contribution in [3.05, 3.63) is 57.7 Å². The number of carbonyl (C=O) groups is 3. The third-order valence-corrected chi connectivity index (χ3v) is 7.66. The maximum atomic E-state index is 13.2. The Morgan fingerprint density at radius 1 is 1.16 bits per heavy atom. The predicted octanol–water partition coefficient (Wildman–Crippen LogP) is 5.92. The van der Waals surface area contributed by atoms with Crippen molar-refractivity contribution in [2.75, 3.05) is 21.0 Å². The quantitative estimate of drug-likeness (QED) is 0.0884. The second-order valence-electron chi connectivity index (χ2n) is 10.0. The molecule has 37 heavy (non-hydrogen) atoms. The van der Waals surface area contributed by atoms with E-state index < -0.39 is 29.4 Å². The first-order valence-electron chi connectivity index (χ1n) is 12.5. The number of hydrogen-bond donors (Lipinski definition) is 0. The van der Waals surface area contributed by atoms with Crippen molar-refractivity contribution in [2.24, 2.45) is 23.7 Å². The van der Waals surface area contributed by atoms with Gasteiger partial charge in [0.25, 0.3) is 0 Å². The van der Waals surface area contributed by atoms with Gasteiger partial charge in [-0.3, -0.25) is 4.79 Å². The van der Waals surface area contributed by atoms with Gasteiger partial charge in [-0.2, -0.15) is 0 Å². The number of Topliss-reactive ketones (excluding diaryl/α,β-unsaturated/α-hetero) is 1. The summed E-state index contributed by atoms with van der Waals surface area (Å²) in [6, 6.07) is 8.82. The molecule has 5 atom stereocenters. The molecule has 7 nitrogen and oxygen atoms in total. The third-order valence-electron chi connectivity index (χ3n) is 7.30. The van der Waals surface area contributed by atoms with E-state index in [-0.39, 0.29) is 36.9 Å². The number of allylic oxidation sites excluding steroid dienone is 2. The minimum Gasteiger partial charge on any atom is -0.463 e. The second kappa shape index (κ2) is 14.8. The Balaban J connectivity index is 2.50. The van der Waals surface area contributed by atoms with E-state index in [1.54, 1.807) is 24.3 Å². The zero-order chi connectivity index (χ0) is 27.6. The van der Waals surface area contributed by atoms with E-state index >= 15 is 0 Å². The molecule has 0 fully saturated rings. The summed E-state index contributed by atoms with van der Waals surface area (Å²) < 4.78 is 24.0. The summed E-state index contributed by atoms with van der Waals surface area (Å²) in [6.07, 6.45) is 4.65. The van der Waals surface area contributed by atoms with Crippen LogP contribution in [0.15, 0.2) is 52.1 Å². The van der Waals surface area contributed by atoms with Crippen LogP contribution in [-0.4, -0.2) is 50.4 Å². The first kappa shape index (κ1) is 31.2. The van der Waals surface area contributed by atoms with Crippen LogP contribution < -0.4 is 0 Å². The molecule has 8 heteroatoms. The molecule has 0 unspecified atom stereocenters. The molecule has 0 heterocycles. The zero-order valence-corrected chi connectivity index (χ0v) is 24.7. The van der Waals surface area contributed by atoms with Gasteiger partial charge in [-0.15, -0.1) is 0 Å². The number of carbonyl (C=O) groups excluding carboxylic acids is 3. The van der Waals surface area contributed by atoms with Crippen LogP contribution in [0.25, 0.3) is 0 Å². The van der Waals surface area contributed by atoms with Crippen molar-refractivity contribution in [1.82, 2.24) is 0 Å². The largest absolute Gasteiger partial charge is 0.463 e. The van der Waals surface area contributed by atoms with Gasteiger partial charge in [0.1, 0.15) is 18.5 Å². The molecule has 1 aromatic rings. The minimum absolute atomic E-state index is 0.00916. The summed E-state index contributed by atoms with van der Waals surface area (Å²) >= 11 is 2.11. The van der Waals surface area contributed by atoms with Crippen molar-refractivity contribution in [3.8, 4) is 0 Å². The lowest BCUT2D eigenvalue weighted by atomic mass is 9.64. The van der Waals surface area contributed by atoms with E-state index in [2.05, 4.69) is 42.5 Å². The van der Waals surface area contributed by atoms with Crippen LogP contribution in [0, 0.1) is 23.7 Å². The van der Waals surface area contributed by atoms with Gasteiger partial charge in [0.2, 0.25) is 5.78 Å². The number of benzene rings is 1. The van der Waals surface area contributed by atoms with Crippen LogP contribution in [0.1, 0.15) is 57.3 Å². The SMILES string of the molecule is COCO[C@@](C)(/C=C\I)[C@@H](C[C@H]1C(C)=CC[C@H](C(C)C)[C@H]1CC(=O)C(=O)OC)OC(=O)c1ccccc1. The predicted molar refractivity (Wildman–Crippen MR) is 150 cm³/mol. The lowest BCUT2D eigenvalue weighted by molar-refractivity contribution is -0.154. The summed E-state index contributed by atoms with van der Waals surface area (Å²) in [5.41, 5.74) is 0.546. The molecular formula is C29H39IO7. The van der Waals surface area contributed by atoms with Gasteiger partial charge in [0.15, 0.2) is 0 Å². The average molecular weight is 627 g/mol. The molecule has 0 aromatic heterocycles.